The number of benzene rings is 2. The van der Waals surface area contributed by atoms with E-state index in [1.54, 1.807) is 37.0 Å². The molecule has 8 nitrogen and oxygen atoms in total. The minimum absolute atomic E-state index is 0.101. The van der Waals surface area contributed by atoms with Crippen molar-refractivity contribution in [2.24, 2.45) is 5.92 Å². The third-order valence-electron chi connectivity index (χ3n) is 6.16. The second kappa shape index (κ2) is 11.1. The molecule has 1 heterocycles. The summed E-state index contributed by atoms with van der Waals surface area (Å²) >= 11 is 0. The van der Waals surface area contributed by atoms with Crippen LogP contribution in [-0.2, 0) is 16.0 Å². The van der Waals surface area contributed by atoms with Crippen molar-refractivity contribution in [2.75, 3.05) is 32.8 Å². The largest absolute Gasteiger partial charge is 0.493 e. The lowest BCUT2D eigenvalue weighted by Gasteiger charge is -2.45. The summed E-state index contributed by atoms with van der Waals surface area (Å²) in [7, 11) is 4.49. The van der Waals surface area contributed by atoms with Gasteiger partial charge in [-0.1, -0.05) is 44.2 Å². The summed E-state index contributed by atoms with van der Waals surface area (Å²) in [5, 5.41) is 0. The van der Waals surface area contributed by atoms with Crippen LogP contribution in [-0.4, -0.2) is 51.1 Å². The molecule has 0 unspecified atom stereocenters. The Morgan fingerprint density at radius 3 is 2.26 bits per heavy atom. The van der Waals surface area contributed by atoms with Gasteiger partial charge in [-0.2, -0.15) is 0 Å². The third-order valence-corrected chi connectivity index (χ3v) is 6.16. The van der Waals surface area contributed by atoms with Crippen molar-refractivity contribution in [1.82, 2.24) is 4.90 Å². The highest BCUT2D eigenvalue weighted by Gasteiger charge is 2.43. The van der Waals surface area contributed by atoms with Crippen LogP contribution in [0.25, 0.3) is 0 Å². The number of rotatable bonds is 7. The van der Waals surface area contributed by atoms with E-state index in [2.05, 4.69) is 13.8 Å². The Labute approximate surface area is 201 Å². The zero-order valence-electron chi connectivity index (χ0n) is 20.7. The van der Waals surface area contributed by atoms with Crippen LogP contribution in [0.4, 0.5) is 15.3 Å². The van der Waals surface area contributed by atoms with E-state index in [4.69, 9.17) is 18.9 Å². The fourth-order valence-corrected chi connectivity index (χ4v) is 4.49. The van der Waals surface area contributed by atoms with Crippen LogP contribution in [0.1, 0.15) is 44.4 Å². The molecule has 1 aliphatic rings. The molecule has 0 spiro atoms. The number of carbonyl (C=O) groups excluding carboxylic acids is 2. The van der Waals surface area contributed by atoms with Gasteiger partial charge in [-0.3, -0.25) is 9.80 Å². The lowest BCUT2D eigenvalue weighted by atomic mass is 9.85. The first-order valence-electron chi connectivity index (χ1n) is 11.5. The number of ether oxygens (including phenoxy) is 4. The Bertz CT molecular complexity index is 994. The number of amides is 2. The maximum absolute atomic E-state index is 13.1. The average molecular weight is 471 g/mol. The summed E-state index contributed by atoms with van der Waals surface area (Å²) in [6.45, 7) is 6.51. The van der Waals surface area contributed by atoms with E-state index in [9.17, 15) is 9.59 Å². The first-order valence-corrected chi connectivity index (χ1v) is 11.5. The summed E-state index contributed by atoms with van der Waals surface area (Å²) in [4.78, 5) is 29.5. The fraction of sp³-hybridized carbons (Fsp3) is 0.462. The maximum atomic E-state index is 13.1. The van der Waals surface area contributed by atoms with Gasteiger partial charge in [-0.05, 0) is 30.9 Å². The maximum Gasteiger partial charge on any atom is 0.414 e. The Morgan fingerprint density at radius 1 is 1.06 bits per heavy atom. The molecular weight excluding hydrogens is 436 g/mol. The molecule has 2 aromatic carbocycles. The van der Waals surface area contributed by atoms with Gasteiger partial charge in [0.1, 0.15) is 0 Å². The zero-order valence-corrected chi connectivity index (χ0v) is 20.7. The molecule has 2 aromatic rings. The third kappa shape index (κ3) is 5.05. The molecule has 0 aliphatic carbocycles. The van der Waals surface area contributed by atoms with Gasteiger partial charge in [0.25, 0.3) is 0 Å². The van der Waals surface area contributed by atoms with E-state index in [0.29, 0.717) is 30.2 Å². The molecule has 0 saturated carbocycles. The molecule has 0 aromatic heterocycles. The molecular formula is C26H34N2O6. The molecule has 184 valence electrons. The van der Waals surface area contributed by atoms with Crippen LogP contribution in [0, 0.1) is 5.92 Å². The highest BCUT2D eigenvalue weighted by molar-refractivity contribution is 5.91. The van der Waals surface area contributed by atoms with Gasteiger partial charge in [0.2, 0.25) is 0 Å². The van der Waals surface area contributed by atoms with Crippen LogP contribution in [0.15, 0.2) is 42.5 Å². The molecule has 1 aliphatic heterocycles. The minimum atomic E-state index is -0.443. The SMILES string of the molecule is CCOC(=O)N1c2cc(OC)c(OC)cc2[C@@H](N(Cc2ccccc2)C(=O)OC)C[C@@H]1C(C)C. The van der Waals surface area contributed by atoms with E-state index in [-0.39, 0.29) is 24.6 Å². The van der Waals surface area contributed by atoms with Gasteiger partial charge in [-0.25, -0.2) is 9.59 Å². The normalized spacial score (nSPS) is 17.1. The molecule has 2 amide bonds. The lowest BCUT2D eigenvalue weighted by Crippen LogP contribution is -2.51. The van der Waals surface area contributed by atoms with Gasteiger partial charge in [0.15, 0.2) is 11.5 Å². The summed E-state index contributed by atoms with van der Waals surface area (Å²) in [6.07, 6.45) is -0.358. The van der Waals surface area contributed by atoms with Gasteiger partial charge < -0.3 is 18.9 Å². The Kier molecular flexibility index (Phi) is 8.26. The average Bonchev–Trinajstić information content (AvgIpc) is 2.85. The molecule has 0 bridgehead atoms. The molecule has 2 atom stereocenters. The number of anilines is 1. The summed E-state index contributed by atoms with van der Waals surface area (Å²) in [5.41, 5.74) is 2.38. The fourth-order valence-electron chi connectivity index (χ4n) is 4.49. The van der Waals surface area contributed by atoms with Crippen LogP contribution < -0.4 is 14.4 Å². The Hall–Kier alpha value is -3.42. The summed E-state index contributed by atoms with van der Waals surface area (Å²) < 4.78 is 21.7. The van der Waals surface area contributed by atoms with Crippen LogP contribution in [0.3, 0.4) is 0 Å². The molecule has 8 heteroatoms. The predicted octanol–water partition coefficient (Wildman–Crippen LogP) is 5.40. The Balaban J connectivity index is 2.20. The van der Waals surface area contributed by atoms with Crippen molar-refractivity contribution in [3.8, 4) is 11.5 Å². The molecule has 0 radical (unpaired) electrons. The molecule has 0 fully saturated rings. The van der Waals surface area contributed by atoms with Crippen LogP contribution in [0.2, 0.25) is 0 Å². The molecule has 0 saturated heterocycles. The van der Waals surface area contributed by atoms with Crippen molar-refractivity contribution in [3.05, 3.63) is 53.6 Å². The van der Waals surface area contributed by atoms with E-state index in [1.807, 2.05) is 36.4 Å². The quantitative estimate of drug-likeness (QED) is 0.539. The number of hydrogen-bond donors (Lipinski definition) is 0. The van der Waals surface area contributed by atoms with E-state index in [1.165, 1.54) is 7.11 Å². The molecule has 0 N–H and O–H groups in total. The van der Waals surface area contributed by atoms with Gasteiger partial charge >= 0.3 is 12.2 Å². The number of carbonyl (C=O) groups is 2. The highest BCUT2D eigenvalue weighted by atomic mass is 16.6. The minimum Gasteiger partial charge on any atom is -0.493 e. The van der Waals surface area contributed by atoms with Crippen molar-refractivity contribution in [3.63, 3.8) is 0 Å². The van der Waals surface area contributed by atoms with Crippen molar-refractivity contribution < 1.29 is 28.5 Å². The monoisotopic (exact) mass is 470 g/mol. The first kappa shape index (κ1) is 25.2. The highest BCUT2D eigenvalue weighted by Crippen LogP contribution is 2.47. The summed E-state index contributed by atoms with van der Waals surface area (Å²) in [6, 6.07) is 12.8. The van der Waals surface area contributed by atoms with Gasteiger partial charge in [0, 0.05) is 24.2 Å². The van der Waals surface area contributed by atoms with Gasteiger partial charge in [-0.15, -0.1) is 0 Å². The number of nitrogens with zero attached hydrogens (tertiary/aromatic N) is 2. The Morgan fingerprint density at radius 2 is 1.71 bits per heavy atom. The van der Waals surface area contributed by atoms with Crippen molar-refractivity contribution >= 4 is 17.9 Å². The second-order valence-electron chi connectivity index (χ2n) is 8.48. The van der Waals surface area contributed by atoms with Crippen molar-refractivity contribution in [2.45, 2.75) is 45.8 Å². The summed E-state index contributed by atoms with van der Waals surface area (Å²) in [5.74, 6) is 1.11. The van der Waals surface area contributed by atoms with E-state index < -0.39 is 12.2 Å². The standard InChI is InChI=1S/C26H34N2O6/c1-7-34-26(30)28-20(17(2)3)14-21(19-13-23(31-4)24(32-5)15-22(19)28)27(25(29)33-6)16-18-11-9-8-10-12-18/h8-13,15,17,20-21H,7,14,16H2,1-6H3/t20-,21+/m1/s1. The number of methoxy groups -OCH3 is 3. The first-order chi connectivity index (χ1) is 16.4. The lowest BCUT2D eigenvalue weighted by molar-refractivity contribution is 0.0911. The number of fused-ring (bicyclic) bond motifs is 1. The van der Waals surface area contributed by atoms with Crippen LogP contribution in [0.5, 0.6) is 11.5 Å². The molecule has 34 heavy (non-hydrogen) atoms. The second-order valence-corrected chi connectivity index (χ2v) is 8.48. The van der Waals surface area contributed by atoms with E-state index >= 15 is 0 Å². The van der Waals surface area contributed by atoms with Crippen molar-refractivity contribution in [1.29, 1.82) is 0 Å². The number of hydrogen-bond acceptors (Lipinski definition) is 6. The van der Waals surface area contributed by atoms with E-state index in [0.717, 1.165) is 11.1 Å². The molecule has 3 rings (SSSR count). The van der Waals surface area contributed by atoms with Crippen LogP contribution >= 0.6 is 0 Å². The van der Waals surface area contributed by atoms with Gasteiger partial charge in [0.05, 0.1) is 39.7 Å². The topological polar surface area (TPSA) is 77.5 Å². The smallest absolute Gasteiger partial charge is 0.414 e. The zero-order chi connectivity index (χ0) is 24.8. The predicted molar refractivity (Wildman–Crippen MR) is 129 cm³/mol.